The van der Waals surface area contributed by atoms with Crippen molar-refractivity contribution in [3.63, 3.8) is 0 Å². The summed E-state index contributed by atoms with van der Waals surface area (Å²) in [6.07, 6.45) is 0.909. The van der Waals surface area contributed by atoms with Crippen molar-refractivity contribution in [1.29, 1.82) is 0 Å². The molecule has 0 spiro atoms. The van der Waals surface area contributed by atoms with Crippen LogP contribution in [0.2, 0.25) is 10.0 Å². The third-order valence-corrected chi connectivity index (χ3v) is 6.67. The molecule has 0 fully saturated rings. The second-order valence-corrected chi connectivity index (χ2v) is 10.2. The van der Waals surface area contributed by atoms with Gasteiger partial charge in [-0.25, -0.2) is 4.79 Å². The molecule has 6 nitrogen and oxygen atoms in total. The molecule has 34 heavy (non-hydrogen) atoms. The number of esters is 1. The Morgan fingerprint density at radius 1 is 1.18 bits per heavy atom. The Bertz CT molecular complexity index is 1240. The number of rotatable bonds is 3. The van der Waals surface area contributed by atoms with E-state index in [9.17, 15) is 14.4 Å². The first kappa shape index (κ1) is 24.3. The maximum Gasteiger partial charge on any atom is 0.340 e. The molecule has 1 atom stereocenters. The van der Waals surface area contributed by atoms with Crippen molar-refractivity contribution >= 4 is 52.2 Å². The number of benzene rings is 2. The predicted molar refractivity (Wildman–Crippen MR) is 133 cm³/mol. The fourth-order valence-electron chi connectivity index (χ4n) is 4.82. The lowest BCUT2D eigenvalue weighted by Crippen LogP contribution is -2.39. The van der Waals surface area contributed by atoms with Crippen LogP contribution < -0.4 is 10.2 Å². The summed E-state index contributed by atoms with van der Waals surface area (Å²) in [5.41, 5.74) is 2.57. The minimum Gasteiger partial charge on any atom is -0.462 e. The first-order valence-electron chi connectivity index (χ1n) is 11.1. The van der Waals surface area contributed by atoms with Crippen LogP contribution in [-0.4, -0.2) is 24.3 Å². The smallest absolute Gasteiger partial charge is 0.340 e. The van der Waals surface area contributed by atoms with Gasteiger partial charge in [-0.3, -0.25) is 14.5 Å². The van der Waals surface area contributed by atoms with Crippen LogP contribution in [-0.2, 0) is 14.3 Å². The normalized spacial score (nSPS) is 19.1. The first-order chi connectivity index (χ1) is 16.0. The summed E-state index contributed by atoms with van der Waals surface area (Å²) in [5.74, 6) is -0.978. The van der Waals surface area contributed by atoms with E-state index in [-0.39, 0.29) is 29.3 Å². The molecule has 2 aliphatic rings. The monoisotopic (exact) mass is 500 g/mol. The molecule has 0 saturated carbocycles. The zero-order chi connectivity index (χ0) is 24.8. The lowest BCUT2D eigenvalue weighted by Gasteiger charge is -2.37. The topological polar surface area (TPSA) is 75.7 Å². The minimum atomic E-state index is -0.842. The number of amides is 1. The molecule has 1 aliphatic carbocycles. The third-order valence-electron chi connectivity index (χ3n) is 6.11. The first-order valence-corrected chi connectivity index (χ1v) is 11.9. The van der Waals surface area contributed by atoms with Crippen molar-refractivity contribution < 1.29 is 19.1 Å². The highest BCUT2D eigenvalue weighted by molar-refractivity contribution is 6.35. The van der Waals surface area contributed by atoms with Gasteiger partial charge in [0.05, 0.1) is 29.6 Å². The standard InChI is InChI=1S/C26H26Cl2N2O4/c1-5-34-25(33)17-7-6-8-19-23(17)30(14(2)31)24(16-10-9-15(27)11-18(16)28)22-20(29-19)12-26(3,4)13-21(22)32/h6-11,24,29H,5,12-13H2,1-4H3. The van der Waals surface area contributed by atoms with E-state index in [4.69, 9.17) is 27.9 Å². The summed E-state index contributed by atoms with van der Waals surface area (Å²) in [7, 11) is 0. The molecule has 0 aromatic heterocycles. The van der Waals surface area contributed by atoms with Crippen LogP contribution in [0, 0.1) is 5.41 Å². The summed E-state index contributed by atoms with van der Waals surface area (Å²) < 4.78 is 5.29. The number of carbonyl (C=O) groups excluding carboxylic acids is 3. The van der Waals surface area contributed by atoms with E-state index in [2.05, 4.69) is 5.32 Å². The number of nitrogens with zero attached hydrogens (tertiary/aromatic N) is 1. The summed E-state index contributed by atoms with van der Waals surface area (Å²) >= 11 is 12.8. The van der Waals surface area contributed by atoms with Crippen LogP contribution in [0.25, 0.3) is 0 Å². The van der Waals surface area contributed by atoms with Gasteiger partial charge >= 0.3 is 5.97 Å². The van der Waals surface area contributed by atoms with Gasteiger partial charge in [-0.1, -0.05) is 49.2 Å². The molecule has 8 heteroatoms. The fourth-order valence-corrected chi connectivity index (χ4v) is 5.33. The van der Waals surface area contributed by atoms with E-state index < -0.39 is 12.0 Å². The van der Waals surface area contributed by atoms with Gasteiger partial charge in [-0.05, 0) is 48.6 Å². The van der Waals surface area contributed by atoms with Crippen LogP contribution in [0.4, 0.5) is 11.4 Å². The number of ketones is 1. The summed E-state index contributed by atoms with van der Waals surface area (Å²) in [6, 6.07) is 9.27. The predicted octanol–water partition coefficient (Wildman–Crippen LogP) is 6.33. The van der Waals surface area contributed by atoms with Crippen LogP contribution >= 0.6 is 23.2 Å². The van der Waals surface area contributed by atoms with Crippen molar-refractivity contribution in [3.8, 4) is 0 Å². The molecule has 1 amide bonds. The number of nitrogens with one attached hydrogen (secondary N) is 1. The molecule has 2 aromatic carbocycles. The number of ether oxygens (including phenoxy) is 1. The number of hydrogen-bond donors (Lipinski definition) is 1. The number of carbonyl (C=O) groups is 3. The van der Waals surface area contributed by atoms with Crippen LogP contribution in [0.1, 0.15) is 62.5 Å². The summed E-state index contributed by atoms with van der Waals surface area (Å²) in [5, 5.41) is 4.15. The highest BCUT2D eigenvalue weighted by Gasteiger charge is 2.44. The van der Waals surface area contributed by atoms with Gasteiger partial charge in [0.1, 0.15) is 0 Å². The molecule has 0 radical (unpaired) electrons. The third kappa shape index (κ3) is 4.32. The van der Waals surface area contributed by atoms with Gasteiger partial charge in [-0.2, -0.15) is 0 Å². The molecule has 1 N–H and O–H groups in total. The number of fused-ring (bicyclic) bond motifs is 1. The number of anilines is 2. The number of para-hydroxylation sites is 1. The quantitative estimate of drug-likeness (QED) is 0.498. The molecule has 1 aliphatic heterocycles. The van der Waals surface area contributed by atoms with Crippen LogP contribution in [0.5, 0.6) is 0 Å². The lowest BCUT2D eigenvalue weighted by molar-refractivity contribution is -0.118. The summed E-state index contributed by atoms with van der Waals surface area (Å²) in [4.78, 5) is 41.3. The molecule has 2 aromatic rings. The Hall–Kier alpha value is -2.83. The second-order valence-electron chi connectivity index (χ2n) is 9.34. The van der Waals surface area contributed by atoms with Crippen molar-refractivity contribution in [3.05, 3.63) is 68.8 Å². The number of halogens is 2. The number of allylic oxidation sites excluding steroid dienone is 1. The second kappa shape index (κ2) is 9.08. The van der Waals surface area contributed by atoms with Gasteiger partial charge in [0.2, 0.25) is 5.91 Å². The van der Waals surface area contributed by atoms with E-state index in [0.717, 1.165) is 0 Å². The van der Waals surface area contributed by atoms with Gasteiger partial charge in [0.25, 0.3) is 0 Å². The number of Topliss-reactive ketones (excluding diaryl/α,β-unsaturated/α-hetero) is 1. The van der Waals surface area contributed by atoms with Gasteiger partial charge in [-0.15, -0.1) is 0 Å². The minimum absolute atomic E-state index is 0.0773. The molecular weight excluding hydrogens is 475 g/mol. The summed E-state index contributed by atoms with van der Waals surface area (Å²) in [6.45, 7) is 7.38. The van der Waals surface area contributed by atoms with Crippen LogP contribution in [0.3, 0.4) is 0 Å². The molecule has 1 unspecified atom stereocenters. The van der Waals surface area contributed by atoms with Gasteiger partial charge < -0.3 is 10.1 Å². The molecule has 0 saturated heterocycles. The Morgan fingerprint density at radius 3 is 2.56 bits per heavy atom. The molecular formula is C26H26Cl2N2O4. The Morgan fingerprint density at radius 2 is 1.91 bits per heavy atom. The van der Waals surface area contributed by atoms with E-state index in [1.165, 1.54) is 11.8 Å². The van der Waals surface area contributed by atoms with Crippen molar-refractivity contribution in [1.82, 2.24) is 0 Å². The average molecular weight is 501 g/mol. The van der Waals surface area contributed by atoms with E-state index in [1.807, 2.05) is 13.8 Å². The SMILES string of the molecule is CCOC(=O)c1cccc2c1N(C(C)=O)C(c1ccc(Cl)cc1Cl)C1=C(CC(C)(C)CC1=O)N2. The number of hydrogen-bond acceptors (Lipinski definition) is 5. The fraction of sp³-hybridized carbons (Fsp3) is 0.346. The maximum absolute atomic E-state index is 13.6. The zero-order valence-electron chi connectivity index (χ0n) is 19.5. The Kier molecular flexibility index (Phi) is 6.49. The van der Waals surface area contributed by atoms with Crippen molar-refractivity contribution in [2.45, 2.75) is 46.6 Å². The van der Waals surface area contributed by atoms with Gasteiger partial charge in [0.15, 0.2) is 5.78 Å². The average Bonchev–Trinajstić information content (AvgIpc) is 2.87. The largest absolute Gasteiger partial charge is 0.462 e. The molecule has 0 bridgehead atoms. The Labute approximate surface area is 208 Å². The molecule has 178 valence electrons. The highest BCUT2D eigenvalue weighted by atomic mass is 35.5. The zero-order valence-corrected chi connectivity index (χ0v) is 21.0. The van der Waals surface area contributed by atoms with E-state index >= 15 is 0 Å². The molecule has 1 heterocycles. The van der Waals surface area contributed by atoms with Crippen molar-refractivity contribution in [2.24, 2.45) is 5.41 Å². The highest BCUT2D eigenvalue weighted by Crippen LogP contribution is 2.50. The molecule has 4 rings (SSSR count). The maximum atomic E-state index is 13.6. The van der Waals surface area contributed by atoms with E-state index in [1.54, 1.807) is 43.3 Å². The van der Waals surface area contributed by atoms with Crippen LogP contribution in [0.15, 0.2) is 47.7 Å². The Balaban J connectivity index is 2.07. The van der Waals surface area contributed by atoms with E-state index in [0.29, 0.717) is 51.1 Å². The lowest BCUT2D eigenvalue weighted by atomic mass is 9.73. The van der Waals surface area contributed by atoms with Crippen molar-refractivity contribution in [2.75, 3.05) is 16.8 Å². The van der Waals surface area contributed by atoms with Gasteiger partial charge in [0, 0.05) is 34.7 Å².